The summed E-state index contributed by atoms with van der Waals surface area (Å²) >= 11 is 1.83. The predicted molar refractivity (Wildman–Crippen MR) is 69.4 cm³/mol. The van der Waals surface area contributed by atoms with Gasteiger partial charge in [-0.15, -0.1) is 11.8 Å². The first-order valence-corrected chi connectivity index (χ1v) is 6.00. The van der Waals surface area contributed by atoms with E-state index >= 15 is 0 Å². The Morgan fingerprint density at radius 3 is 2.53 bits per heavy atom. The Kier molecular flexibility index (Phi) is 2.87. The summed E-state index contributed by atoms with van der Waals surface area (Å²) in [5.74, 6) is 0. The molecule has 0 amide bonds. The normalized spacial score (nSPS) is 11.1. The first kappa shape index (κ1) is 10.4. The van der Waals surface area contributed by atoms with Crippen molar-refractivity contribution in [3.05, 3.63) is 36.4 Å². The minimum Gasteiger partial charge on any atom is -0.398 e. The molecule has 2 aromatic carbocycles. The zero-order valence-electron chi connectivity index (χ0n) is 9.03. The van der Waals surface area contributed by atoms with Gasteiger partial charge in [-0.1, -0.05) is 44.2 Å². The minimum absolute atomic E-state index is 0.554. The van der Waals surface area contributed by atoms with Gasteiger partial charge in [0.25, 0.3) is 0 Å². The van der Waals surface area contributed by atoms with E-state index in [0.717, 1.165) is 5.69 Å². The molecule has 0 heterocycles. The maximum Gasteiger partial charge on any atom is 0.0458 e. The molecule has 0 aliphatic heterocycles. The lowest BCUT2D eigenvalue weighted by Gasteiger charge is -2.11. The summed E-state index contributed by atoms with van der Waals surface area (Å²) in [6.45, 7) is 4.37. The number of rotatable bonds is 2. The molecule has 0 fully saturated rings. The smallest absolute Gasteiger partial charge is 0.0458 e. The van der Waals surface area contributed by atoms with E-state index in [0.29, 0.717) is 5.25 Å². The molecule has 2 rings (SSSR count). The molecule has 0 radical (unpaired) electrons. The Hall–Kier alpha value is -1.15. The van der Waals surface area contributed by atoms with Gasteiger partial charge in [-0.05, 0) is 16.8 Å². The molecule has 0 aromatic heterocycles. The van der Waals surface area contributed by atoms with Crippen molar-refractivity contribution >= 4 is 28.2 Å². The van der Waals surface area contributed by atoms with Crippen molar-refractivity contribution in [3.8, 4) is 0 Å². The Bertz CT molecular complexity index is 477. The van der Waals surface area contributed by atoms with Crippen molar-refractivity contribution in [1.82, 2.24) is 0 Å². The summed E-state index contributed by atoms with van der Waals surface area (Å²) in [4.78, 5) is 1.21. The molecule has 0 saturated carbocycles. The Balaban J connectivity index is 2.63. The van der Waals surface area contributed by atoms with E-state index in [-0.39, 0.29) is 0 Å². The van der Waals surface area contributed by atoms with Crippen molar-refractivity contribution in [2.75, 3.05) is 5.73 Å². The summed E-state index contributed by atoms with van der Waals surface area (Å²) in [7, 11) is 0. The van der Waals surface area contributed by atoms with Gasteiger partial charge in [0.2, 0.25) is 0 Å². The average molecular weight is 217 g/mol. The van der Waals surface area contributed by atoms with Crippen LogP contribution in [-0.2, 0) is 0 Å². The quantitative estimate of drug-likeness (QED) is 0.609. The van der Waals surface area contributed by atoms with Crippen LogP contribution in [0.4, 0.5) is 5.69 Å². The Morgan fingerprint density at radius 1 is 1.07 bits per heavy atom. The Morgan fingerprint density at radius 2 is 1.80 bits per heavy atom. The molecule has 2 N–H and O–H groups in total. The molecule has 2 aromatic rings. The van der Waals surface area contributed by atoms with E-state index < -0.39 is 0 Å². The number of anilines is 1. The monoisotopic (exact) mass is 217 g/mol. The highest BCUT2D eigenvalue weighted by atomic mass is 32.2. The van der Waals surface area contributed by atoms with Crippen LogP contribution in [0.25, 0.3) is 10.8 Å². The molecule has 0 aliphatic carbocycles. The summed E-state index contributed by atoms with van der Waals surface area (Å²) in [6, 6.07) is 12.5. The van der Waals surface area contributed by atoms with Crippen LogP contribution in [0.5, 0.6) is 0 Å². The van der Waals surface area contributed by atoms with Crippen LogP contribution in [-0.4, -0.2) is 5.25 Å². The van der Waals surface area contributed by atoms with Crippen molar-refractivity contribution in [2.45, 2.75) is 24.0 Å². The third-order valence-electron chi connectivity index (χ3n) is 2.26. The fourth-order valence-electron chi connectivity index (χ4n) is 1.63. The van der Waals surface area contributed by atoms with Gasteiger partial charge < -0.3 is 5.73 Å². The second-order valence-corrected chi connectivity index (χ2v) is 5.46. The van der Waals surface area contributed by atoms with Gasteiger partial charge in [0.05, 0.1) is 0 Å². The van der Waals surface area contributed by atoms with E-state index in [1.54, 1.807) is 0 Å². The number of nitrogens with two attached hydrogens (primary N) is 1. The molecular formula is C13H15NS. The van der Waals surface area contributed by atoms with E-state index in [4.69, 9.17) is 5.73 Å². The minimum atomic E-state index is 0.554. The SMILES string of the molecule is CC(C)Sc1c(N)ccc2ccccc12. The van der Waals surface area contributed by atoms with E-state index in [9.17, 15) is 0 Å². The molecule has 0 spiro atoms. The molecule has 78 valence electrons. The maximum absolute atomic E-state index is 6.01. The van der Waals surface area contributed by atoms with Crippen LogP contribution >= 0.6 is 11.8 Å². The molecule has 0 saturated heterocycles. The van der Waals surface area contributed by atoms with Gasteiger partial charge in [-0.25, -0.2) is 0 Å². The number of hydrogen-bond donors (Lipinski definition) is 1. The van der Waals surface area contributed by atoms with Crippen molar-refractivity contribution < 1.29 is 0 Å². The van der Waals surface area contributed by atoms with Gasteiger partial charge in [0, 0.05) is 15.8 Å². The Labute approximate surface area is 94.7 Å². The molecule has 0 unspecified atom stereocenters. The number of nitrogen functional groups attached to an aromatic ring is 1. The zero-order chi connectivity index (χ0) is 10.8. The van der Waals surface area contributed by atoms with E-state index in [1.165, 1.54) is 15.7 Å². The summed E-state index contributed by atoms with van der Waals surface area (Å²) < 4.78 is 0. The first-order chi connectivity index (χ1) is 7.18. The molecular weight excluding hydrogens is 202 g/mol. The zero-order valence-corrected chi connectivity index (χ0v) is 9.84. The van der Waals surface area contributed by atoms with Crippen molar-refractivity contribution in [2.24, 2.45) is 0 Å². The second kappa shape index (κ2) is 4.15. The highest BCUT2D eigenvalue weighted by molar-refractivity contribution is 8.00. The highest BCUT2D eigenvalue weighted by Gasteiger charge is 2.07. The largest absolute Gasteiger partial charge is 0.398 e. The molecule has 1 nitrogen and oxygen atoms in total. The van der Waals surface area contributed by atoms with Gasteiger partial charge in [0.1, 0.15) is 0 Å². The third kappa shape index (κ3) is 2.10. The summed E-state index contributed by atoms with van der Waals surface area (Å²) in [5, 5.41) is 3.07. The van der Waals surface area contributed by atoms with Crippen LogP contribution < -0.4 is 5.73 Å². The van der Waals surface area contributed by atoms with Crippen LogP contribution in [0.1, 0.15) is 13.8 Å². The fourth-order valence-corrected chi connectivity index (χ4v) is 2.62. The van der Waals surface area contributed by atoms with Crippen LogP contribution in [0.2, 0.25) is 0 Å². The van der Waals surface area contributed by atoms with E-state index in [2.05, 4.69) is 44.2 Å². The molecule has 2 heteroatoms. The lowest BCUT2D eigenvalue weighted by atomic mass is 10.1. The summed E-state index contributed by atoms with van der Waals surface area (Å²) in [6.07, 6.45) is 0. The van der Waals surface area contributed by atoms with Crippen LogP contribution in [0.3, 0.4) is 0 Å². The lowest BCUT2D eigenvalue weighted by molar-refractivity contribution is 1.11. The van der Waals surface area contributed by atoms with Gasteiger partial charge in [-0.3, -0.25) is 0 Å². The number of fused-ring (bicyclic) bond motifs is 1. The topological polar surface area (TPSA) is 26.0 Å². The third-order valence-corrected chi connectivity index (χ3v) is 3.43. The number of benzene rings is 2. The first-order valence-electron chi connectivity index (χ1n) is 5.12. The number of hydrogen-bond acceptors (Lipinski definition) is 2. The average Bonchev–Trinajstić information content (AvgIpc) is 2.22. The molecule has 0 bridgehead atoms. The molecule has 0 aliphatic rings. The maximum atomic E-state index is 6.01. The van der Waals surface area contributed by atoms with Crippen molar-refractivity contribution in [3.63, 3.8) is 0 Å². The van der Waals surface area contributed by atoms with E-state index in [1.807, 2.05) is 17.8 Å². The van der Waals surface area contributed by atoms with Crippen LogP contribution in [0, 0.1) is 0 Å². The molecule has 0 atom stereocenters. The van der Waals surface area contributed by atoms with Gasteiger partial charge in [-0.2, -0.15) is 0 Å². The standard InChI is InChI=1S/C13H15NS/c1-9(2)15-13-11-6-4-3-5-10(11)7-8-12(13)14/h3-9H,14H2,1-2H3. The van der Waals surface area contributed by atoms with Crippen LogP contribution in [0.15, 0.2) is 41.3 Å². The highest BCUT2D eigenvalue weighted by Crippen LogP contribution is 2.35. The summed E-state index contributed by atoms with van der Waals surface area (Å²) in [5.41, 5.74) is 6.90. The number of thioether (sulfide) groups is 1. The van der Waals surface area contributed by atoms with Gasteiger partial charge >= 0.3 is 0 Å². The van der Waals surface area contributed by atoms with Gasteiger partial charge in [0.15, 0.2) is 0 Å². The predicted octanol–water partition coefficient (Wildman–Crippen LogP) is 3.92. The second-order valence-electron chi connectivity index (χ2n) is 3.87. The fraction of sp³-hybridized carbons (Fsp3) is 0.231. The van der Waals surface area contributed by atoms with Crippen molar-refractivity contribution in [1.29, 1.82) is 0 Å². The molecule has 15 heavy (non-hydrogen) atoms. The lowest BCUT2D eigenvalue weighted by Crippen LogP contribution is -1.93.